The first kappa shape index (κ1) is 14.6. The average molecular weight is 299 g/mol. The molecule has 0 fully saturated rings. The van der Waals surface area contributed by atoms with Crippen molar-refractivity contribution in [3.05, 3.63) is 41.6 Å². The smallest absolute Gasteiger partial charge is 0.164 e. The molecule has 0 aliphatic carbocycles. The van der Waals surface area contributed by atoms with E-state index in [1.165, 1.54) is 5.56 Å². The molecule has 0 N–H and O–H groups in total. The van der Waals surface area contributed by atoms with Crippen LogP contribution in [0.1, 0.15) is 11.3 Å². The molecule has 0 spiro atoms. The SMILES string of the molecule is COc1cccc2c1OC[C@@H](Cc1ccc(N(C)C)nn1)C2. The second-order valence-corrected chi connectivity index (χ2v) is 5.81. The van der Waals surface area contributed by atoms with Crippen LogP contribution in [0.15, 0.2) is 30.3 Å². The van der Waals surface area contributed by atoms with Gasteiger partial charge in [-0.1, -0.05) is 12.1 Å². The van der Waals surface area contributed by atoms with E-state index in [0.717, 1.165) is 35.9 Å². The summed E-state index contributed by atoms with van der Waals surface area (Å²) in [5.41, 5.74) is 2.21. The molecule has 1 aromatic heterocycles. The van der Waals surface area contributed by atoms with E-state index in [0.29, 0.717) is 12.5 Å². The fraction of sp³-hybridized carbons (Fsp3) is 0.412. The van der Waals surface area contributed by atoms with Crippen molar-refractivity contribution in [3.63, 3.8) is 0 Å². The molecule has 0 bridgehead atoms. The van der Waals surface area contributed by atoms with Gasteiger partial charge in [-0.15, -0.1) is 5.10 Å². The summed E-state index contributed by atoms with van der Waals surface area (Å²) in [4.78, 5) is 1.95. The van der Waals surface area contributed by atoms with Crippen LogP contribution in [0.5, 0.6) is 11.5 Å². The zero-order chi connectivity index (χ0) is 15.5. The fourth-order valence-electron chi connectivity index (χ4n) is 2.74. The molecule has 1 aliphatic heterocycles. The van der Waals surface area contributed by atoms with E-state index in [1.54, 1.807) is 7.11 Å². The first-order valence-electron chi connectivity index (χ1n) is 7.46. The summed E-state index contributed by atoms with van der Waals surface area (Å²) in [6.07, 6.45) is 1.85. The molecule has 5 heteroatoms. The summed E-state index contributed by atoms with van der Waals surface area (Å²) in [5, 5.41) is 8.54. The molecule has 1 aliphatic rings. The largest absolute Gasteiger partial charge is 0.493 e. The fourth-order valence-corrected chi connectivity index (χ4v) is 2.74. The van der Waals surface area contributed by atoms with Crippen LogP contribution in [0.3, 0.4) is 0 Å². The van der Waals surface area contributed by atoms with Gasteiger partial charge in [0.1, 0.15) is 0 Å². The van der Waals surface area contributed by atoms with Gasteiger partial charge in [-0.2, -0.15) is 5.10 Å². The number of ether oxygens (including phenoxy) is 2. The molecule has 116 valence electrons. The van der Waals surface area contributed by atoms with E-state index < -0.39 is 0 Å². The predicted octanol–water partition coefficient (Wildman–Crippen LogP) is 2.35. The van der Waals surface area contributed by atoms with Crippen LogP contribution in [0.4, 0.5) is 5.82 Å². The van der Waals surface area contributed by atoms with E-state index in [-0.39, 0.29) is 0 Å². The average Bonchev–Trinajstić information content (AvgIpc) is 2.54. The number of anilines is 1. The minimum Gasteiger partial charge on any atom is -0.493 e. The van der Waals surface area contributed by atoms with Crippen molar-refractivity contribution in [2.75, 3.05) is 32.7 Å². The molecule has 0 saturated carbocycles. The summed E-state index contributed by atoms with van der Waals surface area (Å²) in [6, 6.07) is 10.1. The Morgan fingerprint density at radius 1 is 1.23 bits per heavy atom. The van der Waals surface area contributed by atoms with Crippen molar-refractivity contribution >= 4 is 5.82 Å². The number of aromatic nitrogens is 2. The summed E-state index contributed by atoms with van der Waals surface area (Å²) >= 11 is 0. The van der Waals surface area contributed by atoms with E-state index in [2.05, 4.69) is 16.3 Å². The second-order valence-electron chi connectivity index (χ2n) is 5.81. The van der Waals surface area contributed by atoms with Gasteiger partial charge in [0, 0.05) is 20.0 Å². The Hall–Kier alpha value is -2.30. The van der Waals surface area contributed by atoms with Crippen LogP contribution < -0.4 is 14.4 Å². The summed E-state index contributed by atoms with van der Waals surface area (Å²) in [6.45, 7) is 0.685. The first-order chi connectivity index (χ1) is 10.7. The van der Waals surface area contributed by atoms with Crippen molar-refractivity contribution < 1.29 is 9.47 Å². The molecular formula is C17H21N3O2. The maximum atomic E-state index is 5.91. The third-order valence-electron chi connectivity index (χ3n) is 3.91. The Kier molecular flexibility index (Phi) is 4.13. The molecule has 1 aromatic carbocycles. The third-order valence-corrected chi connectivity index (χ3v) is 3.91. The van der Waals surface area contributed by atoms with Crippen molar-refractivity contribution in [2.45, 2.75) is 12.8 Å². The highest BCUT2D eigenvalue weighted by atomic mass is 16.5. The van der Waals surface area contributed by atoms with Crippen molar-refractivity contribution in [1.29, 1.82) is 0 Å². The molecule has 1 atom stereocenters. The highest BCUT2D eigenvalue weighted by Gasteiger charge is 2.23. The topological polar surface area (TPSA) is 47.5 Å². The lowest BCUT2D eigenvalue weighted by Gasteiger charge is -2.26. The van der Waals surface area contributed by atoms with E-state index in [4.69, 9.17) is 9.47 Å². The third kappa shape index (κ3) is 2.98. The van der Waals surface area contributed by atoms with Crippen LogP contribution in [0.2, 0.25) is 0 Å². The van der Waals surface area contributed by atoms with Crippen LogP contribution in [-0.4, -0.2) is 38.0 Å². The molecule has 22 heavy (non-hydrogen) atoms. The maximum absolute atomic E-state index is 5.91. The van der Waals surface area contributed by atoms with Crippen molar-refractivity contribution in [3.8, 4) is 11.5 Å². The second kappa shape index (κ2) is 6.22. The van der Waals surface area contributed by atoms with Crippen LogP contribution >= 0.6 is 0 Å². The summed E-state index contributed by atoms with van der Waals surface area (Å²) in [5.74, 6) is 2.99. The molecule has 0 unspecified atom stereocenters. The molecular weight excluding hydrogens is 278 g/mol. The maximum Gasteiger partial charge on any atom is 0.164 e. The van der Waals surface area contributed by atoms with Gasteiger partial charge in [-0.3, -0.25) is 0 Å². The minimum absolute atomic E-state index is 0.416. The molecule has 5 nitrogen and oxygen atoms in total. The molecule has 2 heterocycles. The molecule has 0 amide bonds. The van der Waals surface area contributed by atoms with Gasteiger partial charge < -0.3 is 14.4 Å². The number of hydrogen-bond acceptors (Lipinski definition) is 5. The zero-order valence-electron chi connectivity index (χ0n) is 13.2. The van der Waals surface area contributed by atoms with E-state index in [1.807, 2.05) is 43.3 Å². The van der Waals surface area contributed by atoms with Gasteiger partial charge >= 0.3 is 0 Å². The summed E-state index contributed by atoms with van der Waals surface area (Å²) in [7, 11) is 5.60. The number of rotatable bonds is 4. The van der Waals surface area contributed by atoms with Gasteiger partial charge in [0.05, 0.1) is 19.4 Å². The first-order valence-corrected chi connectivity index (χ1v) is 7.46. The van der Waals surface area contributed by atoms with Gasteiger partial charge in [0.25, 0.3) is 0 Å². The number of methoxy groups -OCH3 is 1. The van der Waals surface area contributed by atoms with Gasteiger partial charge in [-0.25, -0.2) is 0 Å². The summed E-state index contributed by atoms with van der Waals surface area (Å²) < 4.78 is 11.3. The normalized spacial score (nSPS) is 16.6. The number of fused-ring (bicyclic) bond motifs is 1. The number of hydrogen-bond donors (Lipinski definition) is 0. The lowest BCUT2D eigenvalue weighted by Crippen LogP contribution is -2.23. The predicted molar refractivity (Wildman–Crippen MR) is 85.7 cm³/mol. The van der Waals surface area contributed by atoms with Crippen LogP contribution in [0.25, 0.3) is 0 Å². The minimum atomic E-state index is 0.416. The zero-order valence-corrected chi connectivity index (χ0v) is 13.2. The Bertz CT molecular complexity index is 641. The van der Waals surface area contributed by atoms with Crippen molar-refractivity contribution in [1.82, 2.24) is 10.2 Å². The molecule has 2 aromatic rings. The van der Waals surface area contributed by atoms with E-state index >= 15 is 0 Å². The highest BCUT2D eigenvalue weighted by Crippen LogP contribution is 2.36. The number of nitrogens with zero attached hydrogens (tertiary/aromatic N) is 3. The Morgan fingerprint density at radius 2 is 2.09 bits per heavy atom. The lowest BCUT2D eigenvalue weighted by atomic mass is 9.92. The monoisotopic (exact) mass is 299 g/mol. The lowest BCUT2D eigenvalue weighted by molar-refractivity contribution is 0.210. The number of para-hydroxylation sites is 1. The van der Waals surface area contributed by atoms with E-state index in [9.17, 15) is 0 Å². The Balaban J connectivity index is 1.70. The van der Waals surface area contributed by atoms with Crippen LogP contribution in [0, 0.1) is 5.92 Å². The van der Waals surface area contributed by atoms with Gasteiger partial charge in [0.2, 0.25) is 0 Å². The standard InChI is InChI=1S/C17H21N3O2/c1-20(2)16-8-7-14(18-19-16)10-12-9-13-5-4-6-15(21-3)17(13)22-11-12/h4-8,12H,9-11H2,1-3H3/t12-/m1/s1. The Morgan fingerprint density at radius 3 is 2.77 bits per heavy atom. The molecule has 0 saturated heterocycles. The Labute approximate surface area is 130 Å². The van der Waals surface area contributed by atoms with Crippen LogP contribution in [-0.2, 0) is 12.8 Å². The molecule has 0 radical (unpaired) electrons. The highest BCUT2D eigenvalue weighted by molar-refractivity contribution is 5.47. The quantitative estimate of drug-likeness (QED) is 0.867. The van der Waals surface area contributed by atoms with Crippen molar-refractivity contribution in [2.24, 2.45) is 5.92 Å². The molecule has 3 rings (SSSR count). The van der Waals surface area contributed by atoms with Gasteiger partial charge in [-0.05, 0) is 36.6 Å². The number of benzene rings is 1. The van der Waals surface area contributed by atoms with Gasteiger partial charge in [0.15, 0.2) is 17.3 Å².